The third kappa shape index (κ3) is 3.46. The maximum absolute atomic E-state index is 5.79. The Bertz CT molecular complexity index is 927. The summed E-state index contributed by atoms with van der Waals surface area (Å²) in [5.41, 5.74) is 3.22. The SMILES string of the molecule is Cc1ccc(-n2c(-c3ccncc3)nn(CN3CCOCC3)c2=S)cc1. The van der Waals surface area contributed by atoms with Crippen molar-refractivity contribution in [2.75, 3.05) is 26.3 Å². The number of ether oxygens (including phenoxy) is 1. The van der Waals surface area contributed by atoms with Gasteiger partial charge in [-0.3, -0.25) is 14.5 Å². The van der Waals surface area contributed by atoms with Crippen LogP contribution >= 0.6 is 12.2 Å². The van der Waals surface area contributed by atoms with Gasteiger partial charge in [-0.15, -0.1) is 5.10 Å². The molecule has 2 aromatic heterocycles. The Labute approximate surface area is 157 Å². The number of pyridine rings is 1. The number of morpholine rings is 1. The molecule has 0 saturated carbocycles. The van der Waals surface area contributed by atoms with Crippen LogP contribution in [0.5, 0.6) is 0 Å². The van der Waals surface area contributed by atoms with Gasteiger partial charge in [0.25, 0.3) is 0 Å². The molecule has 3 aromatic rings. The molecule has 0 amide bonds. The summed E-state index contributed by atoms with van der Waals surface area (Å²) < 4.78 is 10.1. The van der Waals surface area contributed by atoms with Crippen molar-refractivity contribution in [2.24, 2.45) is 0 Å². The first-order valence-corrected chi connectivity index (χ1v) is 9.10. The van der Waals surface area contributed by atoms with Crippen LogP contribution in [0.2, 0.25) is 0 Å². The fourth-order valence-corrected chi connectivity index (χ4v) is 3.34. The van der Waals surface area contributed by atoms with Gasteiger partial charge in [0.15, 0.2) is 5.82 Å². The molecule has 1 aromatic carbocycles. The van der Waals surface area contributed by atoms with E-state index in [-0.39, 0.29) is 0 Å². The highest BCUT2D eigenvalue weighted by atomic mass is 32.1. The third-order valence-electron chi connectivity index (χ3n) is 4.51. The van der Waals surface area contributed by atoms with Crippen LogP contribution in [0, 0.1) is 11.7 Å². The fraction of sp³-hybridized carbons (Fsp3) is 0.316. The molecule has 0 bridgehead atoms. The van der Waals surface area contributed by atoms with E-state index in [1.807, 2.05) is 21.4 Å². The Morgan fingerprint density at radius 3 is 2.42 bits per heavy atom. The molecule has 1 fully saturated rings. The maximum Gasteiger partial charge on any atom is 0.204 e. The highest BCUT2D eigenvalue weighted by Crippen LogP contribution is 2.22. The molecule has 7 heteroatoms. The van der Waals surface area contributed by atoms with Crippen LogP contribution in [0.25, 0.3) is 17.1 Å². The van der Waals surface area contributed by atoms with Gasteiger partial charge in [-0.1, -0.05) is 17.7 Å². The van der Waals surface area contributed by atoms with E-state index in [4.69, 9.17) is 22.1 Å². The predicted molar refractivity (Wildman–Crippen MR) is 103 cm³/mol. The minimum atomic E-state index is 0.666. The van der Waals surface area contributed by atoms with E-state index < -0.39 is 0 Å². The molecule has 1 saturated heterocycles. The van der Waals surface area contributed by atoms with E-state index in [2.05, 4.69) is 41.1 Å². The van der Waals surface area contributed by atoms with E-state index in [1.165, 1.54) is 5.56 Å². The smallest absolute Gasteiger partial charge is 0.204 e. The van der Waals surface area contributed by atoms with Crippen LogP contribution in [0.15, 0.2) is 48.8 Å². The van der Waals surface area contributed by atoms with E-state index in [0.717, 1.165) is 43.4 Å². The number of aromatic nitrogens is 4. The van der Waals surface area contributed by atoms with E-state index >= 15 is 0 Å². The summed E-state index contributed by atoms with van der Waals surface area (Å²) >= 11 is 5.79. The number of hydrogen-bond acceptors (Lipinski definition) is 5. The first kappa shape index (κ1) is 17.1. The molecule has 3 heterocycles. The van der Waals surface area contributed by atoms with Crippen molar-refractivity contribution in [2.45, 2.75) is 13.6 Å². The highest BCUT2D eigenvalue weighted by Gasteiger charge is 2.17. The largest absolute Gasteiger partial charge is 0.379 e. The lowest BCUT2D eigenvalue weighted by atomic mass is 10.2. The molecular formula is C19H21N5OS. The molecule has 1 aliphatic rings. The molecule has 26 heavy (non-hydrogen) atoms. The lowest BCUT2D eigenvalue weighted by molar-refractivity contribution is 0.0210. The first-order valence-electron chi connectivity index (χ1n) is 8.70. The molecule has 0 aliphatic carbocycles. The average Bonchev–Trinajstić information content (AvgIpc) is 3.00. The Kier molecular flexibility index (Phi) is 4.92. The van der Waals surface area contributed by atoms with Gasteiger partial charge in [0.2, 0.25) is 4.77 Å². The number of nitrogens with zero attached hydrogens (tertiary/aromatic N) is 5. The zero-order chi connectivity index (χ0) is 17.9. The molecule has 0 N–H and O–H groups in total. The second kappa shape index (κ2) is 7.49. The molecule has 6 nitrogen and oxygen atoms in total. The van der Waals surface area contributed by atoms with Crippen molar-refractivity contribution in [3.05, 3.63) is 59.1 Å². The molecule has 1 aliphatic heterocycles. The lowest BCUT2D eigenvalue weighted by Crippen LogP contribution is -2.37. The summed E-state index contributed by atoms with van der Waals surface area (Å²) in [6, 6.07) is 12.3. The quantitative estimate of drug-likeness (QED) is 0.663. The van der Waals surface area contributed by atoms with Gasteiger partial charge in [-0.05, 0) is 43.4 Å². The molecule has 4 rings (SSSR count). The Hall–Kier alpha value is -2.35. The van der Waals surface area contributed by atoms with Gasteiger partial charge in [0, 0.05) is 36.7 Å². The standard InChI is InChI=1S/C19H21N5OS/c1-15-2-4-17(5-3-15)24-18(16-6-8-20-9-7-16)21-23(19(24)26)14-22-10-12-25-13-11-22/h2-9H,10-14H2,1H3. The van der Waals surface area contributed by atoms with Crippen LogP contribution in [0.4, 0.5) is 0 Å². The minimum absolute atomic E-state index is 0.666. The highest BCUT2D eigenvalue weighted by molar-refractivity contribution is 7.71. The maximum atomic E-state index is 5.79. The number of aryl methyl sites for hydroxylation is 1. The number of rotatable bonds is 4. The van der Waals surface area contributed by atoms with Crippen molar-refractivity contribution in [1.82, 2.24) is 24.2 Å². The summed E-state index contributed by atoms with van der Waals surface area (Å²) in [4.78, 5) is 6.42. The lowest BCUT2D eigenvalue weighted by Gasteiger charge is -2.26. The topological polar surface area (TPSA) is 48.1 Å². The van der Waals surface area contributed by atoms with Gasteiger partial charge in [0.1, 0.15) is 0 Å². The van der Waals surface area contributed by atoms with Crippen molar-refractivity contribution >= 4 is 12.2 Å². The molecular weight excluding hydrogens is 346 g/mol. The summed E-state index contributed by atoms with van der Waals surface area (Å²) in [6.07, 6.45) is 3.55. The van der Waals surface area contributed by atoms with Gasteiger partial charge in [0.05, 0.1) is 19.9 Å². The fourth-order valence-electron chi connectivity index (χ4n) is 3.05. The molecule has 0 atom stereocenters. The van der Waals surface area contributed by atoms with Gasteiger partial charge >= 0.3 is 0 Å². The zero-order valence-electron chi connectivity index (χ0n) is 14.7. The number of benzene rings is 1. The van der Waals surface area contributed by atoms with E-state index in [0.29, 0.717) is 11.4 Å². The Balaban J connectivity index is 1.79. The summed E-state index contributed by atoms with van der Waals surface area (Å²) in [6.45, 7) is 6.04. The summed E-state index contributed by atoms with van der Waals surface area (Å²) in [7, 11) is 0. The van der Waals surface area contributed by atoms with Gasteiger partial charge in [-0.25, -0.2) is 4.68 Å². The van der Waals surface area contributed by atoms with Crippen LogP contribution in [-0.4, -0.2) is 50.5 Å². The molecule has 134 valence electrons. The first-order chi connectivity index (χ1) is 12.7. The van der Waals surface area contributed by atoms with Crippen molar-refractivity contribution in [3.63, 3.8) is 0 Å². The Morgan fingerprint density at radius 2 is 1.73 bits per heavy atom. The summed E-state index contributed by atoms with van der Waals surface area (Å²) in [5, 5.41) is 4.84. The van der Waals surface area contributed by atoms with Crippen molar-refractivity contribution in [3.8, 4) is 17.1 Å². The van der Waals surface area contributed by atoms with Crippen LogP contribution in [0.3, 0.4) is 0 Å². The second-order valence-corrected chi connectivity index (χ2v) is 6.75. The second-order valence-electron chi connectivity index (χ2n) is 6.38. The Morgan fingerprint density at radius 1 is 1.04 bits per heavy atom. The van der Waals surface area contributed by atoms with Crippen LogP contribution < -0.4 is 0 Å². The van der Waals surface area contributed by atoms with Crippen LogP contribution in [0.1, 0.15) is 5.56 Å². The van der Waals surface area contributed by atoms with Gasteiger partial charge in [-0.2, -0.15) is 0 Å². The van der Waals surface area contributed by atoms with Crippen molar-refractivity contribution < 1.29 is 4.74 Å². The average molecular weight is 367 g/mol. The van der Waals surface area contributed by atoms with Gasteiger partial charge < -0.3 is 4.74 Å². The molecule has 0 unspecified atom stereocenters. The minimum Gasteiger partial charge on any atom is -0.379 e. The van der Waals surface area contributed by atoms with Crippen molar-refractivity contribution in [1.29, 1.82) is 0 Å². The van der Waals surface area contributed by atoms with E-state index in [1.54, 1.807) is 12.4 Å². The molecule has 0 radical (unpaired) electrons. The zero-order valence-corrected chi connectivity index (χ0v) is 15.5. The van der Waals surface area contributed by atoms with E-state index in [9.17, 15) is 0 Å². The van der Waals surface area contributed by atoms with Crippen LogP contribution in [-0.2, 0) is 11.4 Å². The monoisotopic (exact) mass is 367 g/mol. The predicted octanol–water partition coefficient (Wildman–Crippen LogP) is 3.06. The number of hydrogen-bond donors (Lipinski definition) is 0. The molecule has 0 spiro atoms. The third-order valence-corrected chi connectivity index (χ3v) is 4.90. The normalized spacial score (nSPS) is 15.3. The summed E-state index contributed by atoms with van der Waals surface area (Å²) in [5.74, 6) is 0.828.